The van der Waals surface area contributed by atoms with Gasteiger partial charge in [0.05, 0.1) is 18.1 Å². The molecule has 0 radical (unpaired) electrons. The monoisotopic (exact) mass is 303 g/mol. The molecular weight excluding hydrogens is 286 g/mol. The van der Waals surface area contributed by atoms with Gasteiger partial charge in [-0.25, -0.2) is 13.2 Å². The second-order valence-corrected chi connectivity index (χ2v) is 5.02. The maximum atomic E-state index is 11.3. The zero-order chi connectivity index (χ0) is 15.0. The highest BCUT2D eigenvalue weighted by atomic mass is 32.2. The lowest BCUT2D eigenvalue weighted by atomic mass is 10.1. The van der Waals surface area contributed by atoms with Crippen LogP contribution < -0.4 is 5.32 Å². The Morgan fingerprint density at radius 2 is 1.80 bits per heavy atom. The van der Waals surface area contributed by atoms with E-state index in [4.69, 9.17) is 14.9 Å². The number of benzene rings is 1. The lowest BCUT2D eigenvalue weighted by Gasteiger charge is -2.13. The van der Waals surface area contributed by atoms with Crippen LogP contribution in [0.25, 0.3) is 0 Å². The Hall–Kier alpha value is -1.64. The normalized spacial score (nSPS) is 10.8. The SMILES string of the molecule is O=C(NCCc1ccc([SH](=O)=O)cc1)OC(CO)CO. The van der Waals surface area contributed by atoms with E-state index in [0.29, 0.717) is 13.0 Å². The predicted octanol–water partition coefficient (Wildman–Crippen LogP) is -0.721. The van der Waals surface area contributed by atoms with Crippen molar-refractivity contribution in [3.05, 3.63) is 29.8 Å². The van der Waals surface area contributed by atoms with E-state index in [1.807, 2.05) is 0 Å². The van der Waals surface area contributed by atoms with Crippen LogP contribution in [0.5, 0.6) is 0 Å². The van der Waals surface area contributed by atoms with Gasteiger partial charge in [0.1, 0.15) is 6.10 Å². The highest BCUT2D eigenvalue weighted by Crippen LogP contribution is 2.05. The lowest BCUT2D eigenvalue weighted by molar-refractivity contribution is 0.0224. The molecule has 0 aliphatic heterocycles. The van der Waals surface area contributed by atoms with Crippen molar-refractivity contribution in [2.75, 3.05) is 19.8 Å². The first kappa shape index (κ1) is 16.4. The Labute approximate surface area is 118 Å². The van der Waals surface area contributed by atoms with Gasteiger partial charge < -0.3 is 20.3 Å². The molecule has 3 N–H and O–H groups in total. The van der Waals surface area contributed by atoms with Crippen molar-refractivity contribution < 1.29 is 28.2 Å². The van der Waals surface area contributed by atoms with Gasteiger partial charge in [0.2, 0.25) is 0 Å². The average Bonchev–Trinajstić information content (AvgIpc) is 2.45. The van der Waals surface area contributed by atoms with Gasteiger partial charge in [0.15, 0.2) is 10.7 Å². The number of thiol groups is 1. The Morgan fingerprint density at radius 3 is 2.30 bits per heavy atom. The molecule has 1 rings (SSSR count). The summed E-state index contributed by atoms with van der Waals surface area (Å²) in [6, 6.07) is 6.31. The molecule has 0 aliphatic carbocycles. The molecule has 0 saturated carbocycles. The smallest absolute Gasteiger partial charge is 0.407 e. The van der Waals surface area contributed by atoms with Crippen LogP contribution in [0.15, 0.2) is 29.2 Å². The topological polar surface area (TPSA) is 113 Å². The summed E-state index contributed by atoms with van der Waals surface area (Å²) in [5.41, 5.74) is 0.867. The molecule has 7 nitrogen and oxygen atoms in total. The van der Waals surface area contributed by atoms with Gasteiger partial charge in [0, 0.05) is 6.54 Å². The number of aliphatic hydroxyl groups excluding tert-OH is 2. The van der Waals surface area contributed by atoms with E-state index in [1.54, 1.807) is 12.1 Å². The first-order chi connectivity index (χ1) is 9.56. The first-order valence-corrected chi connectivity index (χ1v) is 7.14. The number of alkyl carbamates (subject to hydrolysis) is 1. The van der Waals surface area contributed by atoms with Crippen LogP contribution in [0.2, 0.25) is 0 Å². The highest BCUT2D eigenvalue weighted by Gasteiger charge is 2.11. The molecule has 1 amide bonds. The van der Waals surface area contributed by atoms with E-state index in [-0.39, 0.29) is 4.90 Å². The number of rotatable bonds is 7. The maximum absolute atomic E-state index is 11.3. The van der Waals surface area contributed by atoms with Crippen LogP contribution in [-0.4, -0.2) is 50.6 Å². The second-order valence-electron chi connectivity index (χ2n) is 3.99. The molecule has 0 spiro atoms. The van der Waals surface area contributed by atoms with E-state index < -0.39 is 36.1 Å². The Balaban J connectivity index is 2.35. The number of carbonyl (C=O) groups excluding carboxylic acids is 1. The Bertz CT molecular complexity index is 487. The molecule has 0 aliphatic rings. The molecule has 0 fully saturated rings. The largest absolute Gasteiger partial charge is 0.441 e. The number of hydrogen-bond donors (Lipinski definition) is 4. The summed E-state index contributed by atoms with van der Waals surface area (Å²) in [6.07, 6.45) is -1.14. The van der Waals surface area contributed by atoms with Crippen LogP contribution in [0, 0.1) is 0 Å². The van der Waals surface area contributed by atoms with Crippen molar-refractivity contribution in [2.24, 2.45) is 0 Å². The number of nitrogens with one attached hydrogen (secondary N) is 1. The quantitative estimate of drug-likeness (QED) is 0.494. The number of aliphatic hydroxyl groups is 2. The summed E-state index contributed by atoms with van der Waals surface area (Å²) >= 11 is 0. The van der Waals surface area contributed by atoms with Crippen molar-refractivity contribution >= 4 is 16.8 Å². The molecule has 8 heteroatoms. The minimum absolute atomic E-state index is 0.241. The number of amides is 1. The molecule has 20 heavy (non-hydrogen) atoms. The van der Waals surface area contributed by atoms with Crippen molar-refractivity contribution in [1.29, 1.82) is 0 Å². The molecule has 0 bridgehead atoms. The standard InChI is InChI=1S/C12H17NO6S/c14-7-10(8-15)19-12(16)13-6-5-9-1-3-11(4-2-9)20(17)18/h1-4,10,14-15,20H,5-8H2,(H,13,16). The Kier molecular flexibility index (Phi) is 6.99. The van der Waals surface area contributed by atoms with Crippen LogP contribution in [-0.2, 0) is 21.9 Å². The van der Waals surface area contributed by atoms with Crippen molar-refractivity contribution in [3.63, 3.8) is 0 Å². The van der Waals surface area contributed by atoms with Gasteiger partial charge in [-0.1, -0.05) is 12.1 Å². The lowest BCUT2D eigenvalue weighted by Crippen LogP contribution is -2.33. The molecule has 0 atom stereocenters. The van der Waals surface area contributed by atoms with E-state index in [9.17, 15) is 13.2 Å². The van der Waals surface area contributed by atoms with E-state index in [0.717, 1.165) is 5.56 Å². The predicted molar refractivity (Wildman–Crippen MR) is 71.2 cm³/mol. The fraction of sp³-hybridized carbons (Fsp3) is 0.417. The molecule has 1 aromatic carbocycles. The van der Waals surface area contributed by atoms with E-state index in [1.165, 1.54) is 12.1 Å². The summed E-state index contributed by atoms with van der Waals surface area (Å²) in [5.74, 6) is 0. The minimum atomic E-state index is -2.58. The highest BCUT2D eigenvalue weighted by molar-refractivity contribution is 7.72. The summed E-state index contributed by atoms with van der Waals surface area (Å²) in [6.45, 7) is -0.594. The molecule has 0 aromatic heterocycles. The third-order valence-electron chi connectivity index (χ3n) is 2.51. The van der Waals surface area contributed by atoms with Crippen LogP contribution in [0.1, 0.15) is 5.56 Å². The third-order valence-corrected chi connectivity index (χ3v) is 3.23. The zero-order valence-electron chi connectivity index (χ0n) is 10.7. The second kappa shape index (κ2) is 8.51. The number of carbonyl (C=O) groups is 1. The van der Waals surface area contributed by atoms with Crippen LogP contribution in [0.3, 0.4) is 0 Å². The van der Waals surface area contributed by atoms with Crippen molar-refractivity contribution in [2.45, 2.75) is 17.4 Å². The number of ether oxygens (including phenoxy) is 1. The van der Waals surface area contributed by atoms with E-state index in [2.05, 4.69) is 5.32 Å². The van der Waals surface area contributed by atoms with Crippen molar-refractivity contribution in [1.82, 2.24) is 5.32 Å². The first-order valence-electron chi connectivity index (χ1n) is 5.96. The fourth-order valence-corrected chi connectivity index (χ4v) is 1.81. The zero-order valence-corrected chi connectivity index (χ0v) is 11.6. The van der Waals surface area contributed by atoms with Crippen molar-refractivity contribution in [3.8, 4) is 0 Å². The van der Waals surface area contributed by atoms with Crippen LogP contribution in [0.4, 0.5) is 4.79 Å². The molecule has 112 valence electrons. The van der Waals surface area contributed by atoms with Gasteiger partial charge >= 0.3 is 6.09 Å². The molecule has 1 aromatic rings. The maximum Gasteiger partial charge on any atom is 0.407 e. The van der Waals surface area contributed by atoms with Gasteiger partial charge in [-0.15, -0.1) is 0 Å². The molecule has 0 saturated heterocycles. The molecule has 0 heterocycles. The summed E-state index contributed by atoms with van der Waals surface area (Å²) in [7, 11) is -2.58. The van der Waals surface area contributed by atoms with Gasteiger partial charge in [-0.2, -0.15) is 0 Å². The third kappa shape index (κ3) is 5.55. The summed E-state index contributed by atoms with van der Waals surface area (Å²) in [5, 5.41) is 19.9. The van der Waals surface area contributed by atoms with E-state index >= 15 is 0 Å². The summed E-state index contributed by atoms with van der Waals surface area (Å²) < 4.78 is 26.1. The fourth-order valence-electron chi connectivity index (χ4n) is 1.42. The van der Waals surface area contributed by atoms with Gasteiger partial charge in [-0.05, 0) is 24.1 Å². The Morgan fingerprint density at radius 1 is 1.20 bits per heavy atom. The van der Waals surface area contributed by atoms with Crippen LogP contribution >= 0.6 is 0 Å². The summed E-state index contributed by atoms with van der Waals surface area (Å²) in [4.78, 5) is 11.5. The molecule has 0 unspecified atom stereocenters. The van der Waals surface area contributed by atoms with Gasteiger partial charge in [-0.3, -0.25) is 0 Å². The average molecular weight is 303 g/mol. The minimum Gasteiger partial charge on any atom is -0.441 e. The van der Waals surface area contributed by atoms with Gasteiger partial charge in [0.25, 0.3) is 0 Å². The number of hydrogen-bond acceptors (Lipinski definition) is 6. The molecular formula is C12H17NO6S.